The first kappa shape index (κ1) is 12.5. The van der Waals surface area contributed by atoms with Crippen LogP contribution in [0.5, 0.6) is 0 Å². The first-order valence-corrected chi connectivity index (χ1v) is 5.13. The molecule has 1 aromatic rings. The SMILES string of the molecule is CC(C)(O)C(C)(C)Nc1ccnc(C#N)c1. The van der Waals surface area contributed by atoms with E-state index in [-0.39, 0.29) is 0 Å². The van der Waals surface area contributed by atoms with Crippen molar-refractivity contribution in [2.24, 2.45) is 0 Å². The number of rotatable bonds is 3. The molecule has 0 aliphatic heterocycles. The number of aromatic nitrogens is 1. The Balaban J connectivity index is 2.93. The van der Waals surface area contributed by atoms with Gasteiger partial charge in [0.15, 0.2) is 0 Å². The first-order chi connectivity index (χ1) is 7.26. The fourth-order valence-electron chi connectivity index (χ4n) is 1.08. The third kappa shape index (κ3) is 2.71. The normalized spacial score (nSPS) is 12.0. The number of nitriles is 1. The van der Waals surface area contributed by atoms with Crippen molar-refractivity contribution in [3.05, 3.63) is 24.0 Å². The second-order valence-corrected chi connectivity index (χ2v) is 4.85. The minimum Gasteiger partial charge on any atom is -0.388 e. The first-order valence-electron chi connectivity index (χ1n) is 5.13. The van der Waals surface area contributed by atoms with Crippen LogP contribution in [0.15, 0.2) is 18.3 Å². The number of hydrogen-bond acceptors (Lipinski definition) is 4. The summed E-state index contributed by atoms with van der Waals surface area (Å²) in [4.78, 5) is 3.89. The van der Waals surface area contributed by atoms with Gasteiger partial charge in [0.25, 0.3) is 0 Å². The van der Waals surface area contributed by atoms with Gasteiger partial charge >= 0.3 is 0 Å². The van der Waals surface area contributed by atoms with Crippen LogP contribution in [0.25, 0.3) is 0 Å². The quantitative estimate of drug-likeness (QED) is 0.814. The van der Waals surface area contributed by atoms with Crippen LogP contribution in [-0.4, -0.2) is 21.2 Å². The molecule has 1 rings (SSSR count). The van der Waals surface area contributed by atoms with Crippen LogP contribution in [0.1, 0.15) is 33.4 Å². The van der Waals surface area contributed by atoms with Gasteiger partial charge in [0.1, 0.15) is 11.8 Å². The van der Waals surface area contributed by atoms with E-state index in [0.29, 0.717) is 5.69 Å². The van der Waals surface area contributed by atoms with E-state index in [1.54, 1.807) is 32.2 Å². The Labute approximate surface area is 95.9 Å². The Morgan fingerprint density at radius 3 is 2.50 bits per heavy atom. The lowest BCUT2D eigenvalue weighted by atomic mass is 9.86. The molecular weight excluding hydrogens is 202 g/mol. The number of nitrogens with zero attached hydrogens (tertiary/aromatic N) is 2. The highest BCUT2D eigenvalue weighted by atomic mass is 16.3. The number of nitrogens with one attached hydrogen (secondary N) is 1. The lowest BCUT2D eigenvalue weighted by Crippen LogP contribution is -2.51. The summed E-state index contributed by atoms with van der Waals surface area (Å²) in [6.45, 7) is 7.29. The summed E-state index contributed by atoms with van der Waals surface area (Å²) in [5.74, 6) is 0. The maximum absolute atomic E-state index is 9.99. The van der Waals surface area contributed by atoms with Crippen LogP contribution in [0.2, 0.25) is 0 Å². The largest absolute Gasteiger partial charge is 0.388 e. The molecule has 2 N–H and O–H groups in total. The Hall–Kier alpha value is -1.60. The molecule has 0 aliphatic carbocycles. The monoisotopic (exact) mass is 219 g/mol. The molecule has 0 aromatic carbocycles. The summed E-state index contributed by atoms with van der Waals surface area (Å²) in [7, 11) is 0. The van der Waals surface area contributed by atoms with Crippen LogP contribution in [0.3, 0.4) is 0 Å². The highest BCUT2D eigenvalue weighted by Gasteiger charge is 2.34. The number of aliphatic hydroxyl groups is 1. The molecular formula is C12H17N3O. The summed E-state index contributed by atoms with van der Waals surface area (Å²) < 4.78 is 0. The molecule has 0 amide bonds. The third-order valence-corrected chi connectivity index (χ3v) is 2.86. The van der Waals surface area contributed by atoms with Crippen molar-refractivity contribution < 1.29 is 5.11 Å². The van der Waals surface area contributed by atoms with Gasteiger partial charge in [-0.05, 0) is 39.8 Å². The molecule has 0 unspecified atom stereocenters. The van der Waals surface area contributed by atoms with Gasteiger partial charge in [-0.1, -0.05) is 0 Å². The van der Waals surface area contributed by atoms with Gasteiger partial charge in [-0.3, -0.25) is 0 Å². The Morgan fingerprint density at radius 1 is 1.38 bits per heavy atom. The molecule has 1 aromatic heterocycles. The molecule has 1 heterocycles. The second kappa shape index (κ2) is 4.11. The van der Waals surface area contributed by atoms with E-state index in [1.165, 1.54) is 0 Å². The highest BCUT2D eigenvalue weighted by Crippen LogP contribution is 2.25. The zero-order chi connectivity index (χ0) is 12.4. The molecule has 0 saturated carbocycles. The van der Waals surface area contributed by atoms with E-state index in [2.05, 4.69) is 10.3 Å². The summed E-state index contributed by atoms with van der Waals surface area (Å²) in [6, 6.07) is 5.41. The summed E-state index contributed by atoms with van der Waals surface area (Å²) in [6.07, 6.45) is 1.57. The molecule has 4 heteroatoms. The van der Waals surface area contributed by atoms with Gasteiger partial charge in [-0.2, -0.15) is 5.26 Å². The highest BCUT2D eigenvalue weighted by molar-refractivity contribution is 5.48. The zero-order valence-electron chi connectivity index (χ0n) is 10.1. The van der Waals surface area contributed by atoms with Crippen molar-refractivity contribution in [2.75, 3.05) is 5.32 Å². The lowest BCUT2D eigenvalue weighted by molar-refractivity contribution is 0.0240. The third-order valence-electron chi connectivity index (χ3n) is 2.86. The summed E-state index contributed by atoms with van der Waals surface area (Å²) >= 11 is 0. The van der Waals surface area contributed by atoms with E-state index in [4.69, 9.17) is 5.26 Å². The number of pyridine rings is 1. The average Bonchev–Trinajstić information content (AvgIpc) is 2.15. The van der Waals surface area contributed by atoms with Crippen molar-refractivity contribution in [3.63, 3.8) is 0 Å². The van der Waals surface area contributed by atoms with E-state index in [1.807, 2.05) is 19.9 Å². The molecule has 0 spiro atoms. The van der Waals surface area contributed by atoms with Crippen molar-refractivity contribution >= 4 is 5.69 Å². The smallest absolute Gasteiger partial charge is 0.142 e. The molecule has 4 nitrogen and oxygen atoms in total. The topological polar surface area (TPSA) is 68.9 Å². The zero-order valence-corrected chi connectivity index (χ0v) is 10.1. The minimum atomic E-state index is -0.872. The van der Waals surface area contributed by atoms with E-state index in [0.717, 1.165) is 5.69 Å². The molecule has 0 saturated heterocycles. The van der Waals surface area contributed by atoms with Crippen LogP contribution in [-0.2, 0) is 0 Å². The van der Waals surface area contributed by atoms with Crippen LogP contribution < -0.4 is 5.32 Å². The van der Waals surface area contributed by atoms with E-state index < -0.39 is 11.1 Å². The van der Waals surface area contributed by atoms with Crippen molar-refractivity contribution in [1.29, 1.82) is 5.26 Å². The molecule has 0 bridgehead atoms. The van der Waals surface area contributed by atoms with Gasteiger partial charge in [0.2, 0.25) is 0 Å². The second-order valence-electron chi connectivity index (χ2n) is 4.85. The van der Waals surface area contributed by atoms with Gasteiger partial charge < -0.3 is 10.4 Å². The van der Waals surface area contributed by atoms with Crippen LogP contribution in [0, 0.1) is 11.3 Å². The van der Waals surface area contributed by atoms with Crippen molar-refractivity contribution in [3.8, 4) is 6.07 Å². The average molecular weight is 219 g/mol. The molecule has 86 valence electrons. The maximum atomic E-state index is 9.99. The fraction of sp³-hybridized carbons (Fsp3) is 0.500. The van der Waals surface area contributed by atoms with Crippen LogP contribution >= 0.6 is 0 Å². The lowest BCUT2D eigenvalue weighted by Gasteiger charge is -2.38. The fourth-order valence-corrected chi connectivity index (χ4v) is 1.08. The van der Waals surface area contributed by atoms with Gasteiger partial charge in [-0.25, -0.2) is 4.98 Å². The van der Waals surface area contributed by atoms with E-state index >= 15 is 0 Å². The Bertz CT molecular complexity index is 413. The Kier molecular flexibility index (Phi) is 3.20. The summed E-state index contributed by atoms with van der Waals surface area (Å²) in [5.41, 5.74) is -0.236. The molecule has 0 atom stereocenters. The number of anilines is 1. The Morgan fingerprint density at radius 2 is 2.00 bits per heavy atom. The van der Waals surface area contributed by atoms with Gasteiger partial charge in [0, 0.05) is 11.9 Å². The predicted octanol–water partition coefficient (Wildman–Crippen LogP) is 1.91. The summed E-state index contributed by atoms with van der Waals surface area (Å²) in [5, 5.41) is 21.9. The van der Waals surface area contributed by atoms with E-state index in [9.17, 15) is 5.11 Å². The molecule has 0 radical (unpaired) electrons. The maximum Gasteiger partial charge on any atom is 0.142 e. The standard InChI is InChI=1S/C12H17N3O/c1-11(2,12(3,4)16)15-9-5-6-14-10(7-9)8-13/h5-7,16H,1-4H3,(H,14,15). The van der Waals surface area contributed by atoms with Crippen molar-refractivity contribution in [1.82, 2.24) is 4.98 Å². The number of hydrogen-bond donors (Lipinski definition) is 2. The van der Waals surface area contributed by atoms with Gasteiger partial charge in [-0.15, -0.1) is 0 Å². The molecule has 16 heavy (non-hydrogen) atoms. The predicted molar refractivity (Wildman–Crippen MR) is 63.0 cm³/mol. The van der Waals surface area contributed by atoms with Crippen LogP contribution in [0.4, 0.5) is 5.69 Å². The molecule has 0 aliphatic rings. The molecule has 0 fully saturated rings. The van der Waals surface area contributed by atoms with Gasteiger partial charge in [0.05, 0.1) is 11.1 Å². The van der Waals surface area contributed by atoms with Crippen molar-refractivity contribution in [2.45, 2.75) is 38.8 Å². The minimum absolute atomic E-state index is 0.358.